The highest BCUT2D eigenvalue weighted by Crippen LogP contribution is 2.32. The average molecular weight is 255 g/mol. The molecule has 0 radical (unpaired) electrons. The molecule has 5 nitrogen and oxygen atoms in total. The van der Waals surface area contributed by atoms with E-state index < -0.39 is 5.97 Å². The van der Waals surface area contributed by atoms with Crippen molar-refractivity contribution in [2.75, 3.05) is 7.11 Å². The zero-order chi connectivity index (χ0) is 13.9. The number of hydrogen-bond donors (Lipinski definition) is 1. The number of hydrogen-bond acceptors (Lipinski definition) is 4. The van der Waals surface area contributed by atoms with Gasteiger partial charge in [0.25, 0.3) is 0 Å². The molecular weight excluding hydrogens is 234 g/mol. The molecule has 1 aromatic rings. The first-order valence-electron chi connectivity index (χ1n) is 6.10. The van der Waals surface area contributed by atoms with Crippen molar-refractivity contribution in [3.05, 3.63) is 17.3 Å². The number of aromatic nitrogens is 1. The molecule has 0 aliphatic rings. The Morgan fingerprint density at radius 3 is 2.28 bits per heavy atom. The van der Waals surface area contributed by atoms with Crippen LogP contribution in [0.15, 0.2) is 4.42 Å². The molecule has 0 saturated heterocycles. The lowest BCUT2D eigenvalue weighted by Gasteiger charge is -2.21. The zero-order valence-electron chi connectivity index (χ0n) is 11.6. The van der Waals surface area contributed by atoms with Gasteiger partial charge in [0.1, 0.15) is 5.69 Å². The van der Waals surface area contributed by atoms with Gasteiger partial charge in [-0.05, 0) is 11.8 Å². The van der Waals surface area contributed by atoms with E-state index in [9.17, 15) is 4.79 Å². The van der Waals surface area contributed by atoms with E-state index >= 15 is 0 Å². The molecule has 0 spiro atoms. The van der Waals surface area contributed by atoms with E-state index in [4.69, 9.17) is 14.3 Å². The third-order valence-corrected chi connectivity index (χ3v) is 2.91. The van der Waals surface area contributed by atoms with Crippen LogP contribution in [0.3, 0.4) is 0 Å². The lowest BCUT2D eigenvalue weighted by molar-refractivity contribution is 0.0651. The number of carboxylic acid groups (broad SMARTS) is 1. The first kappa shape index (κ1) is 14.7. The van der Waals surface area contributed by atoms with Crippen LogP contribution >= 0.6 is 0 Å². The van der Waals surface area contributed by atoms with E-state index in [1.807, 2.05) is 0 Å². The van der Waals surface area contributed by atoms with Crippen LogP contribution in [0.5, 0.6) is 0 Å². The third-order valence-electron chi connectivity index (χ3n) is 2.91. The Balaban J connectivity index is 3.16. The summed E-state index contributed by atoms with van der Waals surface area (Å²) in [5.74, 6) is 0.0461. The lowest BCUT2D eigenvalue weighted by Crippen LogP contribution is -2.13. The van der Waals surface area contributed by atoms with Gasteiger partial charge < -0.3 is 14.3 Å². The van der Waals surface area contributed by atoms with Crippen molar-refractivity contribution in [3.63, 3.8) is 0 Å². The smallest absolute Gasteiger partial charge is 0.373 e. The molecule has 102 valence electrons. The quantitative estimate of drug-likeness (QED) is 0.846. The van der Waals surface area contributed by atoms with E-state index in [0.29, 0.717) is 23.4 Å². The number of aromatic carboxylic acids is 1. The van der Waals surface area contributed by atoms with E-state index in [0.717, 1.165) is 0 Å². The Morgan fingerprint density at radius 1 is 1.33 bits per heavy atom. The molecule has 18 heavy (non-hydrogen) atoms. The summed E-state index contributed by atoms with van der Waals surface area (Å²) in [6.07, 6.45) is 0. The minimum atomic E-state index is -1.10. The van der Waals surface area contributed by atoms with E-state index in [2.05, 4.69) is 32.7 Å². The fourth-order valence-electron chi connectivity index (χ4n) is 2.25. The highest BCUT2D eigenvalue weighted by molar-refractivity contribution is 5.85. The summed E-state index contributed by atoms with van der Waals surface area (Å²) in [6, 6.07) is 0. The maximum Gasteiger partial charge on any atom is 0.373 e. The Morgan fingerprint density at radius 2 is 1.89 bits per heavy atom. The molecule has 1 N–H and O–H groups in total. The Bertz CT molecular complexity index is 401. The largest absolute Gasteiger partial charge is 0.475 e. The van der Waals surface area contributed by atoms with Crippen LogP contribution < -0.4 is 0 Å². The third kappa shape index (κ3) is 3.10. The number of ether oxygens (including phenoxy) is 1. The molecule has 0 atom stereocenters. The second-order valence-corrected chi connectivity index (χ2v) is 5.08. The van der Waals surface area contributed by atoms with Gasteiger partial charge in [0.2, 0.25) is 5.76 Å². The molecule has 0 amide bonds. The molecule has 0 bridgehead atoms. The summed E-state index contributed by atoms with van der Waals surface area (Å²) in [4.78, 5) is 15.4. The molecule has 0 aromatic carbocycles. The predicted molar refractivity (Wildman–Crippen MR) is 66.6 cm³/mol. The first-order chi connectivity index (χ1) is 8.38. The summed E-state index contributed by atoms with van der Waals surface area (Å²) in [7, 11) is 1.50. The number of methoxy groups -OCH3 is 1. The SMILES string of the molecule is COCc1nc(C(C(C)C)C(C)C)oc1C(=O)O. The number of nitrogens with zero attached hydrogens (tertiary/aromatic N) is 1. The highest BCUT2D eigenvalue weighted by atomic mass is 16.5. The number of oxazole rings is 1. The van der Waals surface area contributed by atoms with E-state index in [-0.39, 0.29) is 18.3 Å². The fourth-order valence-corrected chi connectivity index (χ4v) is 2.25. The van der Waals surface area contributed by atoms with Gasteiger partial charge in [-0.2, -0.15) is 0 Å². The highest BCUT2D eigenvalue weighted by Gasteiger charge is 2.28. The molecule has 0 fully saturated rings. The van der Waals surface area contributed by atoms with Crippen LogP contribution in [0.1, 0.15) is 55.8 Å². The van der Waals surface area contributed by atoms with Gasteiger partial charge in [-0.25, -0.2) is 9.78 Å². The van der Waals surface area contributed by atoms with E-state index in [1.165, 1.54) is 7.11 Å². The fraction of sp³-hybridized carbons (Fsp3) is 0.692. The Hall–Kier alpha value is -1.36. The van der Waals surface area contributed by atoms with Gasteiger partial charge in [0, 0.05) is 13.0 Å². The van der Waals surface area contributed by atoms with Crippen LogP contribution in [0.4, 0.5) is 0 Å². The van der Waals surface area contributed by atoms with Gasteiger partial charge in [-0.3, -0.25) is 0 Å². The molecule has 1 aromatic heterocycles. The monoisotopic (exact) mass is 255 g/mol. The van der Waals surface area contributed by atoms with Crippen molar-refractivity contribution in [1.82, 2.24) is 4.98 Å². The standard InChI is InChI=1S/C13H21NO4/c1-7(2)10(8(3)4)12-14-9(6-17-5)11(18-12)13(15)16/h7-8,10H,6H2,1-5H3,(H,15,16). The van der Waals surface area contributed by atoms with Crippen molar-refractivity contribution >= 4 is 5.97 Å². The van der Waals surface area contributed by atoms with Gasteiger partial charge >= 0.3 is 5.97 Å². The van der Waals surface area contributed by atoms with Crippen molar-refractivity contribution in [2.45, 2.75) is 40.2 Å². The lowest BCUT2D eigenvalue weighted by atomic mass is 9.85. The minimum absolute atomic E-state index is 0.105. The molecule has 0 saturated carbocycles. The van der Waals surface area contributed by atoms with Crippen molar-refractivity contribution in [3.8, 4) is 0 Å². The first-order valence-corrected chi connectivity index (χ1v) is 6.10. The summed E-state index contributed by atoms with van der Waals surface area (Å²) in [6.45, 7) is 8.45. The number of carboxylic acids is 1. The zero-order valence-corrected chi connectivity index (χ0v) is 11.6. The van der Waals surface area contributed by atoms with Gasteiger partial charge in [-0.15, -0.1) is 0 Å². The molecule has 1 heterocycles. The Labute approximate surface area is 107 Å². The second-order valence-electron chi connectivity index (χ2n) is 5.08. The molecule has 5 heteroatoms. The summed E-state index contributed by atoms with van der Waals surface area (Å²) < 4.78 is 10.4. The van der Waals surface area contributed by atoms with Gasteiger partial charge in [0.05, 0.1) is 6.61 Å². The average Bonchev–Trinajstić information content (AvgIpc) is 2.61. The summed E-state index contributed by atoms with van der Waals surface area (Å²) in [5.41, 5.74) is 0.353. The van der Waals surface area contributed by atoms with Gasteiger partial charge in [-0.1, -0.05) is 27.7 Å². The van der Waals surface area contributed by atoms with E-state index in [1.54, 1.807) is 0 Å². The second kappa shape index (κ2) is 6.00. The van der Waals surface area contributed by atoms with Crippen LogP contribution in [0.25, 0.3) is 0 Å². The maximum absolute atomic E-state index is 11.1. The Kier molecular flexibility index (Phi) is 4.90. The molecule has 0 unspecified atom stereocenters. The maximum atomic E-state index is 11.1. The van der Waals surface area contributed by atoms with Crippen molar-refractivity contribution < 1.29 is 19.1 Å². The molecule has 1 rings (SSSR count). The predicted octanol–water partition coefficient (Wildman–Crippen LogP) is 2.91. The summed E-state index contributed by atoms with van der Waals surface area (Å²) >= 11 is 0. The molecule has 0 aliphatic carbocycles. The van der Waals surface area contributed by atoms with Crippen LogP contribution in [-0.2, 0) is 11.3 Å². The van der Waals surface area contributed by atoms with Crippen LogP contribution in [0, 0.1) is 11.8 Å². The van der Waals surface area contributed by atoms with Crippen molar-refractivity contribution in [1.29, 1.82) is 0 Å². The normalized spacial score (nSPS) is 11.8. The summed E-state index contributed by atoms with van der Waals surface area (Å²) in [5, 5.41) is 9.08. The van der Waals surface area contributed by atoms with Crippen LogP contribution in [-0.4, -0.2) is 23.2 Å². The topological polar surface area (TPSA) is 72.6 Å². The molecule has 0 aliphatic heterocycles. The molecular formula is C13H21NO4. The number of carbonyl (C=O) groups is 1. The van der Waals surface area contributed by atoms with Crippen LogP contribution in [0.2, 0.25) is 0 Å². The minimum Gasteiger partial charge on any atom is -0.475 e. The van der Waals surface area contributed by atoms with Gasteiger partial charge in [0.15, 0.2) is 5.89 Å². The number of rotatable bonds is 6. The van der Waals surface area contributed by atoms with Crippen molar-refractivity contribution in [2.24, 2.45) is 11.8 Å².